The smallest absolute Gasteiger partial charge is 0.114 e. The summed E-state index contributed by atoms with van der Waals surface area (Å²) < 4.78 is 0. The van der Waals surface area contributed by atoms with Gasteiger partial charge in [0.25, 0.3) is 0 Å². The van der Waals surface area contributed by atoms with Crippen molar-refractivity contribution in [2.24, 2.45) is 0 Å². The molecule has 112 valence electrons. The summed E-state index contributed by atoms with van der Waals surface area (Å²) in [5.41, 5.74) is 0.806. The van der Waals surface area contributed by atoms with Gasteiger partial charge in [-0.05, 0) is 24.3 Å². The van der Waals surface area contributed by atoms with E-state index in [1.807, 2.05) is 0 Å². The lowest BCUT2D eigenvalue weighted by Gasteiger charge is -2.31. The number of benzene rings is 2. The Balaban J connectivity index is 2.43. The fraction of sp³-hybridized carbons (Fsp3) is 0.294. The second kappa shape index (κ2) is 7.06. The third kappa shape index (κ3) is 3.68. The molecule has 0 N–H and O–H groups in total. The minimum atomic E-state index is -1.21. The summed E-state index contributed by atoms with van der Waals surface area (Å²) in [6.07, 6.45) is 0. The van der Waals surface area contributed by atoms with Crippen LogP contribution in [0.4, 0.5) is 0 Å². The maximum Gasteiger partial charge on any atom is 0.233 e. The van der Waals surface area contributed by atoms with Crippen LogP contribution in [0.1, 0.15) is 0 Å². The maximum absolute atomic E-state index is 6.52. The fourth-order valence-electron chi connectivity index (χ4n) is 2.68. The molecule has 2 aromatic carbocycles. The van der Waals surface area contributed by atoms with Gasteiger partial charge in [-0.2, -0.15) is 0 Å². The Labute approximate surface area is 136 Å². The van der Waals surface area contributed by atoms with Gasteiger partial charge in [0, 0.05) is 0 Å². The summed E-state index contributed by atoms with van der Waals surface area (Å²) in [4.78, 5) is 0. The van der Waals surface area contributed by atoms with Crippen LogP contribution in [0.25, 0.3) is 0 Å². The first kappa shape index (κ1) is 17.4. The summed E-state index contributed by atoms with van der Waals surface area (Å²) in [5, 5.41) is 3.03. The molecule has 0 spiro atoms. The van der Waals surface area contributed by atoms with Crippen molar-refractivity contribution in [1.29, 1.82) is 0 Å². The highest BCUT2D eigenvalue weighted by Crippen LogP contribution is 2.98. The van der Waals surface area contributed by atoms with Crippen molar-refractivity contribution in [2.75, 3.05) is 32.3 Å². The molecule has 0 aliphatic rings. The van der Waals surface area contributed by atoms with Crippen molar-refractivity contribution >= 4 is 43.4 Å². The predicted octanol–water partition coefficient (Wildman–Crippen LogP) is 5.70. The second-order valence-corrected chi connectivity index (χ2v) is 24.1. The van der Waals surface area contributed by atoms with Crippen molar-refractivity contribution in [2.45, 2.75) is 0 Å². The first-order valence-electron chi connectivity index (χ1n) is 7.04. The summed E-state index contributed by atoms with van der Waals surface area (Å²) in [6.45, 7) is 7.47. The van der Waals surface area contributed by atoms with Gasteiger partial charge in [-0.15, -0.1) is 11.6 Å². The molecular weight excluding hydrogens is 333 g/mol. The highest BCUT2D eigenvalue weighted by Gasteiger charge is 2.55. The molecule has 21 heavy (non-hydrogen) atoms. The summed E-state index contributed by atoms with van der Waals surface area (Å²) in [7, 11) is -0.210. The monoisotopic (exact) mass is 356 g/mol. The molecule has 0 aliphatic heterocycles. The molecule has 0 radical (unpaired) electrons. The standard InChI is InChI=1S/C17H24ClP3/c1-20(2,16-11-7-5-8-12-16)19(15-18)21(3,4)17-13-9-6-10-14-17/h5-14H,15H2,1-4H3/q+2. The first-order chi connectivity index (χ1) is 9.90. The molecule has 0 aliphatic carbocycles. The van der Waals surface area contributed by atoms with Gasteiger partial charge in [-0.3, -0.25) is 0 Å². The van der Waals surface area contributed by atoms with Gasteiger partial charge >= 0.3 is 0 Å². The summed E-state index contributed by atoms with van der Waals surface area (Å²) in [6, 6.07) is 22.0. The lowest BCUT2D eigenvalue weighted by atomic mass is 10.4. The van der Waals surface area contributed by atoms with Crippen LogP contribution in [0.5, 0.6) is 0 Å². The molecule has 4 heteroatoms. The van der Waals surface area contributed by atoms with Crippen molar-refractivity contribution in [3.8, 4) is 0 Å². The van der Waals surface area contributed by atoms with Crippen molar-refractivity contribution in [1.82, 2.24) is 0 Å². The van der Waals surface area contributed by atoms with Gasteiger partial charge < -0.3 is 0 Å². The molecule has 0 atom stereocenters. The Hall–Kier alpha value is 0.0200. The van der Waals surface area contributed by atoms with E-state index < -0.39 is 13.9 Å². The van der Waals surface area contributed by atoms with Gasteiger partial charge in [0.1, 0.15) is 5.62 Å². The van der Waals surface area contributed by atoms with E-state index in [2.05, 4.69) is 87.3 Å². The zero-order valence-electron chi connectivity index (χ0n) is 13.2. The Kier molecular flexibility index (Phi) is 5.84. The van der Waals surface area contributed by atoms with Crippen LogP contribution in [0, 0.1) is 0 Å². The average Bonchev–Trinajstić information content (AvgIpc) is 2.49. The van der Waals surface area contributed by atoms with Gasteiger partial charge in [0.2, 0.25) is 7.30 Å². The minimum Gasteiger partial charge on any atom is -0.114 e. The van der Waals surface area contributed by atoms with Crippen molar-refractivity contribution < 1.29 is 0 Å². The van der Waals surface area contributed by atoms with E-state index in [-0.39, 0.29) is 7.30 Å². The van der Waals surface area contributed by atoms with Crippen LogP contribution >= 0.6 is 32.8 Å². The van der Waals surface area contributed by atoms with Crippen LogP contribution < -0.4 is 10.6 Å². The second-order valence-electron chi connectivity index (χ2n) is 5.95. The molecule has 0 fully saturated rings. The quantitative estimate of drug-likeness (QED) is 0.476. The van der Waals surface area contributed by atoms with Gasteiger partial charge in [-0.25, -0.2) is 0 Å². The number of hydrogen-bond donors (Lipinski definition) is 0. The molecule has 2 aromatic rings. The largest absolute Gasteiger partial charge is 0.233 e. The summed E-state index contributed by atoms with van der Waals surface area (Å²) >= 11 is 6.52. The normalized spacial score (nSPS) is 12.7. The summed E-state index contributed by atoms with van der Waals surface area (Å²) in [5.74, 6) is 0. The highest BCUT2D eigenvalue weighted by molar-refractivity contribution is 8.72. The third-order valence-corrected chi connectivity index (χ3v) is 28.6. The van der Waals surface area contributed by atoms with E-state index in [4.69, 9.17) is 11.6 Å². The molecule has 0 saturated heterocycles. The van der Waals surface area contributed by atoms with Crippen LogP contribution in [-0.4, -0.2) is 32.3 Å². The van der Waals surface area contributed by atoms with Crippen LogP contribution in [0.15, 0.2) is 60.7 Å². The van der Waals surface area contributed by atoms with Gasteiger partial charge in [-0.1, -0.05) is 36.4 Å². The van der Waals surface area contributed by atoms with E-state index in [1.165, 1.54) is 10.6 Å². The first-order valence-corrected chi connectivity index (χ1v) is 15.9. The molecule has 0 aromatic heterocycles. The Morgan fingerprint density at radius 2 is 1.05 bits per heavy atom. The zero-order chi connectivity index (χ0) is 15.5. The number of hydrogen-bond acceptors (Lipinski definition) is 0. The Bertz CT molecular complexity index is 516. The molecule has 0 unspecified atom stereocenters. The topological polar surface area (TPSA) is 0 Å². The van der Waals surface area contributed by atoms with Crippen LogP contribution in [-0.2, 0) is 0 Å². The van der Waals surface area contributed by atoms with Crippen molar-refractivity contribution in [3.63, 3.8) is 0 Å². The predicted molar refractivity (Wildman–Crippen MR) is 107 cm³/mol. The molecule has 2 rings (SSSR count). The van der Waals surface area contributed by atoms with Gasteiger partial charge in [0.15, 0.2) is 0 Å². The van der Waals surface area contributed by atoms with E-state index in [0.717, 1.165) is 5.62 Å². The average molecular weight is 357 g/mol. The molecule has 0 amide bonds. The highest BCUT2D eigenvalue weighted by atomic mass is 35.5. The fourth-order valence-corrected chi connectivity index (χ4v) is 30.8. The zero-order valence-corrected chi connectivity index (χ0v) is 16.6. The van der Waals surface area contributed by atoms with E-state index in [0.29, 0.717) is 0 Å². The molecule has 0 nitrogen and oxygen atoms in total. The number of halogens is 1. The molecular formula is C17H24ClP3+2. The maximum atomic E-state index is 6.52. The molecule has 0 heterocycles. The van der Waals surface area contributed by atoms with E-state index in [1.54, 1.807) is 0 Å². The van der Waals surface area contributed by atoms with Crippen LogP contribution in [0.3, 0.4) is 0 Å². The Morgan fingerprint density at radius 1 is 0.714 bits per heavy atom. The van der Waals surface area contributed by atoms with Crippen molar-refractivity contribution in [3.05, 3.63) is 60.7 Å². The molecule has 0 saturated carbocycles. The van der Waals surface area contributed by atoms with Crippen LogP contribution in [0.2, 0.25) is 0 Å². The lowest BCUT2D eigenvalue weighted by Crippen LogP contribution is -2.14. The lowest BCUT2D eigenvalue weighted by molar-refractivity contribution is 1.76. The third-order valence-electron chi connectivity index (χ3n) is 4.04. The number of rotatable bonds is 5. The minimum absolute atomic E-state index is 0.210. The molecule has 0 bridgehead atoms. The SMILES string of the molecule is C[P+](C)(c1ccccc1)P(CCl)[P+](C)(C)c1ccccc1. The van der Waals surface area contributed by atoms with Gasteiger partial charge in [0.05, 0.1) is 51.2 Å². The Morgan fingerprint density at radius 3 is 1.33 bits per heavy atom. The van der Waals surface area contributed by atoms with E-state index in [9.17, 15) is 0 Å². The number of alkyl halides is 1. The van der Waals surface area contributed by atoms with E-state index >= 15 is 0 Å².